The zero-order chi connectivity index (χ0) is 21.0. The van der Waals surface area contributed by atoms with Gasteiger partial charge in [0.05, 0.1) is 24.4 Å². The van der Waals surface area contributed by atoms with Crippen molar-refractivity contribution in [2.45, 2.75) is 26.4 Å². The first-order valence-corrected chi connectivity index (χ1v) is 9.79. The molecule has 0 fully saturated rings. The summed E-state index contributed by atoms with van der Waals surface area (Å²) < 4.78 is 5.04. The third kappa shape index (κ3) is 4.78. The fraction of sp³-hybridized carbons (Fsp3) is 0.273. The number of esters is 1. The van der Waals surface area contributed by atoms with Gasteiger partial charge >= 0.3 is 12.0 Å². The predicted octanol–water partition coefficient (Wildman–Crippen LogP) is 2.50. The number of rotatable bonds is 6. The average molecular weight is 415 g/mol. The van der Waals surface area contributed by atoms with E-state index in [9.17, 15) is 9.59 Å². The monoisotopic (exact) mass is 414 g/mol. The van der Waals surface area contributed by atoms with Gasteiger partial charge in [0.2, 0.25) is 0 Å². The van der Waals surface area contributed by atoms with Gasteiger partial charge in [-0.2, -0.15) is 0 Å². The number of aryl methyl sites for hydroxylation is 2. The molecular weight excluding hydrogens is 390 g/mol. The summed E-state index contributed by atoms with van der Waals surface area (Å²) >= 11 is 6.22. The number of carbonyl (C=O) groups excluding carboxylic acids is 2. The molecule has 1 atom stereocenters. The first-order valence-electron chi connectivity index (χ1n) is 9.41. The van der Waals surface area contributed by atoms with E-state index >= 15 is 0 Å². The highest BCUT2D eigenvalue weighted by Gasteiger charge is 2.34. The number of hydrogen-bond donors (Lipinski definition) is 3. The summed E-state index contributed by atoms with van der Waals surface area (Å²) in [7, 11) is 1.34. The number of urea groups is 1. The average Bonchev–Trinajstić information content (AvgIpc) is 2.70. The third-order valence-electron chi connectivity index (χ3n) is 4.98. The Morgan fingerprint density at radius 1 is 1.17 bits per heavy atom. The van der Waals surface area contributed by atoms with Crippen molar-refractivity contribution in [2.24, 2.45) is 0 Å². The number of halogens is 1. The molecule has 0 spiro atoms. The fourth-order valence-electron chi connectivity index (χ4n) is 3.47. The Balaban J connectivity index is 1.92. The number of quaternary nitrogens is 1. The van der Waals surface area contributed by atoms with E-state index in [-0.39, 0.29) is 6.03 Å². The van der Waals surface area contributed by atoms with Crippen molar-refractivity contribution in [1.82, 2.24) is 10.6 Å². The van der Waals surface area contributed by atoms with Gasteiger partial charge in [-0.25, -0.2) is 9.59 Å². The van der Waals surface area contributed by atoms with Crippen LogP contribution in [0.4, 0.5) is 4.79 Å². The molecule has 0 saturated carbocycles. The van der Waals surface area contributed by atoms with Gasteiger partial charge in [-0.3, -0.25) is 0 Å². The topological polar surface area (TPSA) is 84.0 Å². The van der Waals surface area contributed by atoms with E-state index in [0.29, 0.717) is 29.4 Å². The fourth-order valence-corrected chi connectivity index (χ4v) is 3.68. The van der Waals surface area contributed by atoms with Crippen molar-refractivity contribution >= 4 is 23.6 Å². The summed E-state index contributed by atoms with van der Waals surface area (Å²) in [6.07, 6.45) is 0. The quantitative estimate of drug-likeness (QED) is 0.635. The van der Waals surface area contributed by atoms with Crippen molar-refractivity contribution in [3.05, 3.63) is 81.0 Å². The Morgan fingerprint density at radius 2 is 1.93 bits per heavy atom. The Kier molecular flexibility index (Phi) is 6.56. The Labute approximate surface area is 175 Å². The second-order valence-electron chi connectivity index (χ2n) is 7.06. The minimum Gasteiger partial charge on any atom is -0.466 e. The van der Waals surface area contributed by atoms with E-state index in [0.717, 1.165) is 22.3 Å². The smallest absolute Gasteiger partial charge is 0.338 e. The van der Waals surface area contributed by atoms with Crippen molar-refractivity contribution in [1.29, 1.82) is 0 Å². The predicted molar refractivity (Wildman–Crippen MR) is 111 cm³/mol. The number of hydrogen-bond acceptors (Lipinski definition) is 3. The number of nitrogens with two attached hydrogens (primary N) is 1. The summed E-state index contributed by atoms with van der Waals surface area (Å²) in [4.78, 5) is 25.0. The molecule has 1 aliphatic rings. The molecule has 2 aromatic rings. The van der Waals surface area contributed by atoms with Crippen LogP contribution in [0, 0.1) is 13.8 Å². The van der Waals surface area contributed by atoms with Crippen LogP contribution >= 0.6 is 11.6 Å². The van der Waals surface area contributed by atoms with Gasteiger partial charge in [-0.15, -0.1) is 0 Å². The van der Waals surface area contributed by atoms with Crippen LogP contribution in [-0.2, 0) is 16.1 Å². The lowest BCUT2D eigenvalue weighted by atomic mass is 9.91. The van der Waals surface area contributed by atoms with Crippen LogP contribution < -0.4 is 16.0 Å². The highest BCUT2D eigenvalue weighted by molar-refractivity contribution is 6.31. The molecular formula is C22H25ClN3O3+. The molecule has 4 N–H and O–H groups in total. The van der Waals surface area contributed by atoms with Crippen LogP contribution in [0.3, 0.4) is 0 Å². The van der Waals surface area contributed by atoms with Crippen molar-refractivity contribution in [2.75, 3.05) is 13.7 Å². The van der Waals surface area contributed by atoms with Crippen LogP contribution in [-0.4, -0.2) is 25.7 Å². The summed E-state index contributed by atoms with van der Waals surface area (Å²) in [6.45, 7) is 4.96. The maximum atomic E-state index is 12.6. The summed E-state index contributed by atoms with van der Waals surface area (Å²) in [5.74, 6) is -0.468. The van der Waals surface area contributed by atoms with Gasteiger partial charge < -0.3 is 20.7 Å². The van der Waals surface area contributed by atoms with Gasteiger partial charge in [0.15, 0.2) is 0 Å². The van der Waals surface area contributed by atoms with Gasteiger partial charge in [0, 0.05) is 10.6 Å². The zero-order valence-electron chi connectivity index (χ0n) is 16.7. The minimum absolute atomic E-state index is 0.343. The number of ether oxygens (including phenoxy) is 1. The third-order valence-corrected chi connectivity index (χ3v) is 5.34. The molecule has 152 valence electrons. The lowest BCUT2D eigenvalue weighted by Gasteiger charge is -2.29. The molecule has 1 heterocycles. The van der Waals surface area contributed by atoms with Crippen molar-refractivity contribution < 1.29 is 19.6 Å². The number of benzene rings is 2. The molecule has 0 radical (unpaired) electrons. The highest BCUT2D eigenvalue weighted by atomic mass is 35.5. The lowest BCUT2D eigenvalue weighted by molar-refractivity contribution is -0.664. The van der Waals surface area contributed by atoms with E-state index in [4.69, 9.17) is 16.3 Å². The molecule has 0 bridgehead atoms. The molecule has 6 nitrogen and oxygen atoms in total. The number of nitrogens with one attached hydrogen (secondary N) is 2. The number of methoxy groups -OCH3 is 1. The molecule has 29 heavy (non-hydrogen) atoms. The number of amides is 2. The van der Waals surface area contributed by atoms with Crippen LogP contribution in [0.15, 0.2) is 53.7 Å². The number of carbonyl (C=O) groups is 2. The van der Waals surface area contributed by atoms with E-state index < -0.39 is 12.0 Å². The SMILES string of the molecule is COC(=O)C1=C(C[NH2+]Cc2ccccc2Cl)NC(=O)N[C@H]1c1cc(C)ccc1C. The van der Waals surface area contributed by atoms with Crippen molar-refractivity contribution in [3.8, 4) is 0 Å². The molecule has 2 amide bonds. The molecule has 2 aromatic carbocycles. The molecule has 0 aromatic heterocycles. The van der Waals surface area contributed by atoms with E-state index in [2.05, 4.69) is 10.6 Å². The van der Waals surface area contributed by atoms with Crippen LogP contribution in [0.2, 0.25) is 5.02 Å². The minimum atomic E-state index is -0.570. The maximum absolute atomic E-state index is 12.6. The van der Waals surface area contributed by atoms with Gasteiger partial charge in [0.1, 0.15) is 13.1 Å². The second-order valence-corrected chi connectivity index (χ2v) is 7.47. The largest absolute Gasteiger partial charge is 0.466 e. The highest BCUT2D eigenvalue weighted by Crippen LogP contribution is 2.30. The normalized spacial score (nSPS) is 16.3. The Hall–Kier alpha value is -2.83. The lowest BCUT2D eigenvalue weighted by Crippen LogP contribution is -2.84. The first kappa shape index (κ1) is 20.9. The van der Waals surface area contributed by atoms with Crippen LogP contribution in [0.25, 0.3) is 0 Å². The first-order chi connectivity index (χ1) is 13.9. The Bertz CT molecular complexity index is 972. The molecule has 0 unspecified atom stereocenters. The van der Waals surface area contributed by atoms with Gasteiger partial charge in [-0.05, 0) is 31.0 Å². The standard InChI is InChI=1S/C22H24ClN3O3/c1-13-8-9-14(2)16(10-13)20-19(21(27)29-3)18(25-22(28)26-20)12-24-11-15-6-4-5-7-17(15)23/h4-10,20,24H,11-12H2,1-3H3,(H2,25,26,28)/p+1/t20-/m0/s1. The van der Waals surface area contributed by atoms with Crippen LogP contribution in [0.5, 0.6) is 0 Å². The molecule has 0 aliphatic carbocycles. The summed E-state index contributed by atoms with van der Waals surface area (Å²) in [6, 6.07) is 12.7. The molecule has 7 heteroatoms. The van der Waals surface area contributed by atoms with Gasteiger partial charge in [-0.1, -0.05) is 53.6 Å². The molecule has 1 aliphatic heterocycles. The molecule has 3 rings (SSSR count). The Morgan fingerprint density at radius 3 is 2.66 bits per heavy atom. The second kappa shape index (κ2) is 9.11. The van der Waals surface area contributed by atoms with E-state index in [1.54, 1.807) is 0 Å². The van der Waals surface area contributed by atoms with E-state index in [1.165, 1.54) is 7.11 Å². The maximum Gasteiger partial charge on any atom is 0.338 e. The summed E-state index contributed by atoms with van der Waals surface area (Å²) in [5, 5.41) is 8.33. The van der Waals surface area contributed by atoms with Crippen molar-refractivity contribution in [3.63, 3.8) is 0 Å². The summed E-state index contributed by atoms with van der Waals surface area (Å²) in [5.41, 5.74) is 4.86. The van der Waals surface area contributed by atoms with Crippen LogP contribution in [0.1, 0.15) is 28.3 Å². The zero-order valence-corrected chi connectivity index (χ0v) is 17.5. The van der Waals surface area contributed by atoms with Gasteiger partial charge in [0.25, 0.3) is 0 Å². The molecule has 0 saturated heterocycles. The van der Waals surface area contributed by atoms with E-state index in [1.807, 2.05) is 61.6 Å².